The van der Waals surface area contributed by atoms with Crippen molar-refractivity contribution in [3.63, 3.8) is 0 Å². The van der Waals surface area contributed by atoms with Crippen molar-refractivity contribution in [1.82, 2.24) is 19.3 Å². The van der Waals surface area contributed by atoms with Crippen LogP contribution in [0.4, 0.5) is 5.95 Å². The molecule has 2 heterocycles. The third-order valence-electron chi connectivity index (χ3n) is 2.43. The van der Waals surface area contributed by atoms with Gasteiger partial charge in [0.2, 0.25) is 5.95 Å². The highest BCUT2D eigenvalue weighted by Crippen LogP contribution is 2.08. The molecule has 0 amide bonds. The Bertz CT molecular complexity index is 469. The number of hydrogen-bond acceptors (Lipinski definition) is 3. The molecule has 5 heteroatoms. The molecule has 0 aliphatic carbocycles. The first-order valence-electron chi connectivity index (χ1n) is 5.65. The van der Waals surface area contributed by atoms with Gasteiger partial charge in [0.15, 0.2) is 0 Å². The van der Waals surface area contributed by atoms with Crippen molar-refractivity contribution in [3.05, 3.63) is 43.0 Å². The quantitative estimate of drug-likeness (QED) is 0.769. The third-order valence-corrected chi connectivity index (χ3v) is 2.43. The normalized spacial score (nSPS) is 10.4. The van der Waals surface area contributed by atoms with Crippen LogP contribution in [0.15, 0.2) is 37.3 Å². The van der Waals surface area contributed by atoms with E-state index in [2.05, 4.69) is 26.5 Å². The van der Waals surface area contributed by atoms with Gasteiger partial charge in [-0.3, -0.25) is 4.68 Å². The maximum Gasteiger partial charge on any atom is 0.203 e. The van der Waals surface area contributed by atoms with Gasteiger partial charge in [-0.05, 0) is 13.0 Å². The largest absolute Gasteiger partial charge is 0.352 e. The number of nitrogens with zero attached hydrogens (tertiary/aromatic N) is 4. The predicted molar refractivity (Wildman–Crippen MR) is 67.9 cm³/mol. The first-order chi connectivity index (χ1) is 8.29. The second-order valence-electron chi connectivity index (χ2n) is 3.84. The van der Waals surface area contributed by atoms with Gasteiger partial charge in [0.1, 0.15) is 0 Å². The van der Waals surface area contributed by atoms with Gasteiger partial charge in [0, 0.05) is 31.7 Å². The van der Waals surface area contributed by atoms with Crippen LogP contribution in [-0.4, -0.2) is 25.9 Å². The van der Waals surface area contributed by atoms with E-state index >= 15 is 0 Å². The van der Waals surface area contributed by atoms with E-state index in [1.54, 1.807) is 6.20 Å². The summed E-state index contributed by atoms with van der Waals surface area (Å²) in [6, 6.07) is 1.93. The van der Waals surface area contributed by atoms with Crippen molar-refractivity contribution in [1.29, 1.82) is 0 Å². The summed E-state index contributed by atoms with van der Waals surface area (Å²) in [6.45, 7) is 8.08. The molecule has 2 rings (SSSR count). The number of nitrogens with one attached hydrogen (secondary N) is 1. The monoisotopic (exact) mass is 231 g/mol. The summed E-state index contributed by atoms with van der Waals surface area (Å²) in [5, 5.41) is 7.39. The number of rotatable bonds is 6. The van der Waals surface area contributed by atoms with Crippen molar-refractivity contribution >= 4 is 5.95 Å². The van der Waals surface area contributed by atoms with Crippen LogP contribution in [0.25, 0.3) is 0 Å². The zero-order chi connectivity index (χ0) is 12.1. The van der Waals surface area contributed by atoms with E-state index in [4.69, 9.17) is 0 Å². The molecule has 0 aliphatic rings. The second kappa shape index (κ2) is 5.34. The Hall–Kier alpha value is -2.04. The smallest absolute Gasteiger partial charge is 0.203 e. The zero-order valence-corrected chi connectivity index (χ0v) is 10.0. The van der Waals surface area contributed by atoms with Crippen molar-refractivity contribution < 1.29 is 0 Å². The zero-order valence-electron chi connectivity index (χ0n) is 10.0. The van der Waals surface area contributed by atoms with E-state index < -0.39 is 0 Å². The lowest BCUT2D eigenvalue weighted by atomic mass is 10.5. The molecule has 5 nitrogen and oxygen atoms in total. The Morgan fingerprint density at radius 2 is 2.35 bits per heavy atom. The van der Waals surface area contributed by atoms with Gasteiger partial charge in [-0.15, -0.1) is 6.58 Å². The lowest BCUT2D eigenvalue weighted by Crippen LogP contribution is -2.11. The fraction of sp³-hybridized carbons (Fsp3) is 0.333. The summed E-state index contributed by atoms with van der Waals surface area (Å²) in [7, 11) is 0. The van der Waals surface area contributed by atoms with Gasteiger partial charge >= 0.3 is 0 Å². The average Bonchev–Trinajstić information content (AvgIpc) is 2.93. The van der Waals surface area contributed by atoms with Crippen molar-refractivity contribution in [2.24, 2.45) is 0 Å². The first-order valence-corrected chi connectivity index (χ1v) is 5.65. The summed E-state index contributed by atoms with van der Waals surface area (Å²) < 4.78 is 4.01. The van der Waals surface area contributed by atoms with Gasteiger partial charge in [-0.2, -0.15) is 5.10 Å². The van der Waals surface area contributed by atoms with E-state index in [0.29, 0.717) is 0 Å². The molecule has 0 saturated heterocycles. The molecule has 2 aromatic rings. The maximum absolute atomic E-state index is 4.42. The molecule has 0 aliphatic heterocycles. The van der Waals surface area contributed by atoms with Crippen LogP contribution in [0.1, 0.15) is 5.69 Å². The van der Waals surface area contributed by atoms with E-state index in [1.807, 2.05) is 36.1 Å². The highest BCUT2D eigenvalue weighted by Gasteiger charge is 2.04. The Kier molecular flexibility index (Phi) is 3.59. The minimum absolute atomic E-state index is 0.720. The van der Waals surface area contributed by atoms with Crippen molar-refractivity contribution in [2.45, 2.75) is 20.0 Å². The van der Waals surface area contributed by atoms with E-state index in [9.17, 15) is 0 Å². The Balaban J connectivity index is 2.01. The molecule has 1 N–H and O–H groups in total. The molecule has 0 aromatic carbocycles. The highest BCUT2D eigenvalue weighted by molar-refractivity contribution is 5.29. The molecule has 2 aromatic heterocycles. The summed E-state index contributed by atoms with van der Waals surface area (Å²) in [5.41, 5.74) is 1.01. The number of aromatic nitrogens is 4. The van der Waals surface area contributed by atoms with E-state index in [0.717, 1.165) is 31.3 Å². The van der Waals surface area contributed by atoms with Crippen LogP contribution >= 0.6 is 0 Å². The summed E-state index contributed by atoms with van der Waals surface area (Å²) >= 11 is 0. The molecule has 90 valence electrons. The van der Waals surface area contributed by atoms with Gasteiger partial charge in [0.05, 0.1) is 12.2 Å². The van der Waals surface area contributed by atoms with Crippen LogP contribution in [0.5, 0.6) is 0 Å². The molecular weight excluding hydrogens is 214 g/mol. The van der Waals surface area contributed by atoms with Crippen LogP contribution in [0.3, 0.4) is 0 Å². The fourth-order valence-corrected chi connectivity index (χ4v) is 1.66. The summed E-state index contributed by atoms with van der Waals surface area (Å²) in [5.74, 6) is 0.884. The minimum atomic E-state index is 0.720. The highest BCUT2D eigenvalue weighted by atomic mass is 15.3. The topological polar surface area (TPSA) is 47.7 Å². The van der Waals surface area contributed by atoms with Gasteiger partial charge < -0.3 is 9.88 Å². The van der Waals surface area contributed by atoms with E-state index in [-0.39, 0.29) is 0 Å². The summed E-state index contributed by atoms with van der Waals surface area (Å²) in [4.78, 5) is 4.42. The molecule has 0 radical (unpaired) electrons. The predicted octanol–water partition coefficient (Wildman–Crippen LogP) is 1.69. The Morgan fingerprint density at radius 1 is 1.47 bits per heavy atom. The van der Waals surface area contributed by atoms with Gasteiger partial charge in [0.25, 0.3) is 0 Å². The van der Waals surface area contributed by atoms with Crippen LogP contribution < -0.4 is 5.32 Å². The SMILES string of the molecule is C=CCNc1nc(C)cn1CCn1cccn1. The fourth-order valence-electron chi connectivity index (χ4n) is 1.66. The van der Waals surface area contributed by atoms with Crippen LogP contribution in [0.2, 0.25) is 0 Å². The molecule has 0 saturated carbocycles. The van der Waals surface area contributed by atoms with E-state index in [1.165, 1.54) is 0 Å². The van der Waals surface area contributed by atoms with Crippen molar-refractivity contribution in [3.8, 4) is 0 Å². The lowest BCUT2D eigenvalue weighted by molar-refractivity contribution is 0.536. The Morgan fingerprint density at radius 3 is 3.06 bits per heavy atom. The molecule has 0 atom stereocenters. The van der Waals surface area contributed by atoms with Gasteiger partial charge in [-0.25, -0.2) is 4.98 Å². The molecule has 0 bridgehead atoms. The number of imidazole rings is 1. The minimum Gasteiger partial charge on any atom is -0.352 e. The third kappa shape index (κ3) is 2.96. The maximum atomic E-state index is 4.42. The average molecular weight is 231 g/mol. The summed E-state index contributed by atoms with van der Waals surface area (Å²) in [6.07, 6.45) is 7.60. The molecule has 0 spiro atoms. The second-order valence-corrected chi connectivity index (χ2v) is 3.84. The molecule has 0 fully saturated rings. The number of hydrogen-bond donors (Lipinski definition) is 1. The van der Waals surface area contributed by atoms with Gasteiger partial charge in [-0.1, -0.05) is 6.08 Å². The molecular formula is C12H17N5. The first kappa shape index (κ1) is 11.4. The Labute approximate surface area is 101 Å². The molecule has 0 unspecified atom stereocenters. The van der Waals surface area contributed by atoms with Crippen LogP contribution in [0, 0.1) is 6.92 Å². The number of anilines is 1. The van der Waals surface area contributed by atoms with Crippen LogP contribution in [-0.2, 0) is 13.1 Å². The van der Waals surface area contributed by atoms with Crippen molar-refractivity contribution in [2.75, 3.05) is 11.9 Å². The molecule has 17 heavy (non-hydrogen) atoms. The standard InChI is InChI=1S/C12H17N5/c1-3-5-13-12-15-11(2)10-16(12)8-9-17-7-4-6-14-17/h3-4,6-7,10H,1,5,8-9H2,2H3,(H,13,15). The number of aryl methyl sites for hydroxylation is 3. The lowest BCUT2D eigenvalue weighted by Gasteiger charge is -2.08.